The van der Waals surface area contributed by atoms with E-state index >= 15 is 0 Å². The SMILES string of the molecule is CC(C)(C)CC(O)Cc1ccc(C(C)(C)C)cc1. The van der Waals surface area contributed by atoms with Gasteiger partial charge in [0.2, 0.25) is 0 Å². The van der Waals surface area contributed by atoms with Gasteiger partial charge in [0.05, 0.1) is 6.10 Å². The van der Waals surface area contributed by atoms with Crippen molar-refractivity contribution in [1.29, 1.82) is 0 Å². The second-order valence-electron chi connectivity index (χ2n) is 7.57. The quantitative estimate of drug-likeness (QED) is 0.844. The highest BCUT2D eigenvalue weighted by Gasteiger charge is 2.17. The van der Waals surface area contributed by atoms with Gasteiger partial charge in [0.15, 0.2) is 0 Å². The van der Waals surface area contributed by atoms with Crippen LogP contribution in [0.5, 0.6) is 0 Å². The third-order valence-electron chi connectivity index (χ3n) is 3.14. The van der Waals surface area contributed by atoms with Crippen LogP contribution in [0.15, 0.2) is 24.3 Å². The molecule has 1 nitrogen and oxygen atoms in total. The Morgan fingerprint density at radius 1 is 0.944 bits per heavy atom. The number of benzene rings is 1. The molecule has 102 valence electrons. The first-order valence-corrected chi connectivity index (χ1v) is 6.85. The molecule has 1 aromatic carbocycles. The van der Waals surface area contributed by atoms with E-state index in [4.69, 9.17) is 0 Å². The standard InChI is InChI=1S/C17H28O/c1-16(2,3)12-15(18)11-13-7-9-14(10-8-13)17(4,5)6/h7-10,15,18H,11-12H2,1-6H3. The fourth-order valence-electron chi connectivity index (χ4n) is 2.19. The van der Waals surface area contributed by atoms with Crippen molar-refractivity contribution < 1.29 is 5.11 Å². The molecule has 0 bridgehead atoms. The maximum absolute atomic E-state index is 10.1. The molecule has 1 heteroatoms. The van der Waals surface area contributed by atoms with Crippen LogP contribution in [0.2, 0.25) is 0 Å². The lowest BCUT2D eigenvalue weighted by molar-refractivity contribution is 0.121. The average molecular weight is 248 g/mol. The molecule has 0 aromatic heterocycles. The molecule has 0 radical (unpaired) electrons. The molecule has 18 heavy (non-hydrogen) atoms. The van der Waals surface area contributed by atoms with Gasteiger partial charge in [0, 0.05) is 0 Å². The van der Waals surface area contributed by atoms with E-state index in [0.29, 0.717) is 0 Å². The summed E-state index contributed by atoms with van der Waals surface area (Å²) in [6, 6.07) is 8.65. The molecule has 1 unspecified atom stereocenters. The zero-order chi connectivity index (χ0) is 14.0. The minimum absolute atomic E-state index is 0.185. The van der Waals surface area contributed by atoms with Gasteiger partial charge < -0.3 is 5.11 Å². The molecule has 0 saturated heterocycles. The molecule has 0 amide bonds. The van der Waals surface area contributed by atoms with Gasteiger partial charge in [0.25, 0.3) is 0 Å². The monoisotopic (exact) mass is 248 g/mol. The van der Waals surface area contributed by atoms with Gasteiger partial charge in [-0.2, -0.15) is 0 Å². The Balaban J connectivity index is 2.64. The highest BCUT2D eigenvalue weighted by Crippen LogP contribution is 2.25. The molecule has 0 fully saturated rings. The zero-order valence-electron chi connectivity index (χ0n) is 12.7. The van der Waals surface area contributed by atoms with Gasteiger partial charge in [-0.1, -0.05) is 65.8 Å². The summed E-state index contributed by atoms with van der Waals surface area (Å²) in [5.74, 6) is 0. The summed E-state index contributed by atoms with van der Waals surface area (Å²) >= 11 is 0. The van der Waals surface area contributed by atoms with Crippen LogP contribution in [0, 0.1) is 5.41 Å². The molecule has 0 aliphatic rings. The van der Waals surface area contributed by atoms with Gasteiger partial charge in [-0.3, -0.25) is 0 Å². The van der Waals surface area contributed by atoms with Gasteiger partial charge in [-0.15, -0.1) is 0 Å². The second kappa shape index (κ2) is 5.44. The van der Waals surface area contributed by atoms with Crippen molar-refractivity contribution in [3.05, 3.63) is 35.4 Å². The molecular formula is C17H28O. The van der Waals surface area contributed by atoms with Crippen molar-refractivity contribution in [2.75, 3.05) is 0 Å². The molecule has 1 aromatic rings. The Morgan fingerprint density at radius 3 is 1.83 bits per heavy atom. The molecule has 0 spiro atoms. The molecule has 0 aliphatic heterocycles. The maximum atomic E-state index is 10.1. The normalized spacial score (nSPS) is 14.6. The fourth-order valence-corrected chi connectivity index (χ4v) is 2.19. The lowest BCUT2D eigenvalue weighted by Gasteiger charge is -2.23. The summed E-state index contributed by atoms with van der Waals surface area (Å²) in [5, 5.41) is 10.1. The van der Waals surface area contributed by atoms with Crippen LogP contribution in [0.1, 0.15) is 59.1 Å². The summed E-state index contributed by atoms with van der Waals surface area (Å²) in [6.45, 7) is 13.2. The first-order valence-electron chi connectivity index (χ1n) is 6.85. The minimum atomic E-state index is -0.245. The van der Waals surface area contributed by atoms with E-state index in [1.165, 1.54) is 11.1 Å². The van der Waals surface area contributed by atoms with E-state index in [1.807, 2.05) is 0 Å². The molecule has 0 aliphatic carbocycles. The van der Waals surface area contributed by atoms with Crippen molar-refractivity contribution in [3.8, 4) is 0 Å². The van der Waals surface area contributed by atoms with Crippen LogP contribution in [-0.2, 0) is 11.8 Å². The van der Waals surface area contributed by atoms with E-state index in [9.17, 15) is 5.11 Å². The van der Waals surface area contributed by atoms with Crippen LogP contribution in [0.25, 0.3) is 0 Å². The van der Waals surface area contributed by atoms with Gasteiger partial charge in [0.1, 0.15) is 0 Å². The Kier molecular flexibility index (Phi) is 4.61. The predicted octanol–water partition coefficient (Wildman–Crippen LogP) is 4.32. The molecule has 0 heterocycles. The Hall–Kier alpha value is -0.820. The van der Waals surface area contributed by atoms with E-state index in [2.05, 4.69) is 65.8 Å². The minimum Gasteiger partial charge on any atom is -0.393 e. The van der Waals surface area contributed by atoms with Crippen LogP contribution < -0.4 is 0 Å². The van der Waals surface area contributed by atoms with Crippen molar-refractivity contribution >= 4 is 0 Å². The first kappa shape index (κ1) is 15.2. The Bertz CT molecular complexity index is 362. The van der Waals surface area contributed by atoms with Crippen LogP contribution in [0.4, 0.5) is 0 Å². The number of aliphatic hydroxyl groups is 1. The Labute approximate surface area is 112 Å². The van der Waals surface area contributed by atoms with Crippen molar-refractivity contribution in [2.24, 2.45) is 5.41 Å². The topological polar surface area (TPSA) is 20.2 Å². The lowest BCUT2D eigenvalue weighted by Crippen LogP contribution is -2.19. The maximum Gasteiger partial charge on any atom is 0.0585 e. The fraction of sp³-hybridized carbons (Fsp3) is 0.647. The van der Waals surface area contributed by atoms with E-state index in [1.54, 1.807) is 0 Å². The lowest BCUT2D eigenvalue weighted by atomic mass is 9.85. The number of aliphatic hydroxyl groups excluding tert-OH is 1. The summed E-state index contributed by atoms with van der Waals surface area (Å²) in [4.78, 5) is 0. The largest absolute Gasteiger partial charge is 0.393 e. The number of hydrogen-bond donors (Lipinski definition) is 1. The first-order chi connectivity index (χ1) is 8.08. The van der Waals surface area contributed by atoms with E-state index in [0.717, 1.165) is 12.8 Å². The summed E-state index contributed by atoms with van der Waals surface area (Å²) in [5.41, 5.74) is 2.95. The van der Waals surface area contributed by atoms with Crippen LogP contribution >= 0.6 is 0 Å². The van der Waals surface area contributed by atoms with Gasteiger partial charge in [-0.25, -0.2) is 0 Å². The number of rotatable bonds is 3. The number of hydrogen-bond acceptors (Lipinski definition) is 1. The summed E-state index contributed by atoms with van der Waals surface area (Å²) < 4.78 is 0. The van der Waals surface area contributed by atoms with Crippen LogP contribution in [0.3, 0.4) is 0 Å². The van der Waals surface area contributed by atoms with Crippen LogP contribution in [-0.4, -0.2) is 11.2 Å². The summed E-state index contributed by atoms with van der Waals surface area (Å²) in [6.07, 6.45) is 1.35. The molecule has 0 saturated carbocycles. The van der Waals surface area contributed by atoms with Gasteiger partial charge >= 0.3 is 0 Å². The average Bonchev–Trinajstić information content (AvgIpc) is 2.13. The second-order valence-corrected chi connectivity index (χ2v) is 7.57. The Morgan fingerprint density at radius 2 is 1.44 bits per heavy atom. The predicted molar refractivity (Wildman–Crippen MR) is 78.9 cm³/mol. The molecular weight excluding hydrogens is 220 g/mol. The third-order valence-corrected chi connectivity index (χ3v) is 3.14. The van der Waals surface area contributed by atoms with Crippen molar-refractivity contribution in [1.82, 2.24) is 0 Å². The van der Waals surface area contributed by atoms with Gasteiger partial charge in [-0.05, 0) is 34.8 Å². The molecule has 1 atom stereocenters. The van der Waals surface area contributed by atoms with E-state index in [-0.39, 0.29) is 16.9 Å². The smallest absolute Gasteiger partial charge is 0.0585 e. The highest BCUT2D eigenvalue weighted by molar-refractivity contribution is 5.27. The van der Waals surface area contributed by atoms with Crippen molar-refractivity contribution in [3.63, 3.8) is 0 Å². The summed E-state index contributed by atoms with van der Waals surface area (Å²) in [7, 11) is 0. The molecule has 1 N–H and O–H groups in total. The third kappa shape index (κ3) is 5.22. The van der Waals surface area contributed by atoms with Crippen molar-refractivity contribution in [2.45, 2.75) is 65.9 Å². The highest BCUT2D eigenvalue weighted by atomic mass is 16.3. The van der Waals surface area contributed by atoms with E-state index < -0.39 is 0 Å². The zero-order valence-corrected chi connectivity index (χ0v) is 12.7. The molecule has 1 rings (SSSR count).